The number of rotatable bonds is 3. The van der Waals surface area contributed by atoms with E-state index in [0.717, 1.165) is 6.07 Å². The van der Waals surface area contributed by atoms with Crippen LogP contribution in [0.1, 0.15) is 18.4 Å². The van der Waals surface area contributed by atoms with Crippen molar-refractivity contribution >= 4 is 11.6 Å². The van der Waals surface area contributed by atoms with E-state index in [0.29, 0.717) is 6.54 Å². The Labute approximate surface area is 137 Å². The second kappa shape index (κ2) is 6.09. The Kier molecular flexibility index (Phi) is 4.69. The molecule has 126 valence electrons. The van der Waals surface area contributed by atoms with E-state index in [1.165, 1.54) is 31.3 Å². The van der Waals surface area contributed by atoms with Crippen LogP contribution in [0, 0.1) is 0 Å². The standard InChI is InChI=1S/C16H17ClF3NO2/c1-10(13-6-5-12(22)8-14(13)17)15(23,16(18,19)20)11-4-3-7-21(2)9-11/h3-6,8-10,22-23H,7H2,1-2H3. The summed E-state index contributed by atoms with van der Waals surface area (Å²) in [6, 6.07) is 3.68. The maximum absolute atomic E-state index is 13.7. The summed E-state index contributed by atoms with van der Waals surface area (Å²) < 4.78 is 41.2. The molecule has 0 radical (unpaired) electrons. The zero-order chi connectivity index (χ0) is 17.4. The lowest BCUT2D eigenvalue weighted by Gasteiger charge is -2.39. The molecule has 0 spiro atoms. The van der Waals surface area contributed by atoms with Crippen molar-refractivity contribution in [3.8, 4) is 5.75 Å². The molecule has 2 unspecified atom stereocenters. The molecule has 1 aliphatic heterocycles. The molecule has 2 atom stereocenters. The van der Waals surface area contributed by atoms with Crippen LogP contribution in [0.5, 0.6) is 5.75 Å². The van der Waals surface area contributed by atoms with Crippen molar-refractivity contribution in [2.45, 2.75) is 24.6 Å². The smallest absolute Gasteiger partial charge is 0.422 e. The van der Waals surface area contributed by atoms with Crippen LogP contribution in [0.15, 0.2) is 42.1 Å². The molecule has 7 heteroatoms. The van der Waals surface area contributed by atoms with Crippen molar-refractivity contribution in [1.29, 1.82) is 0 Å². The number of benzene rings is 1. The molecule has 2 N–H and O–H groups in total. The molecule has 0 amide bonds. The maximum Gasteiger partial charge on any atom is 0.422 e. The quantitative estimate of drug-likeness (QED) is 0.873. The molecule has 1 heterocycles. The lowest BCUT2D eigenvalue weighted by molar-refractivity contribution is -0.250. The van der Waals surface area contributed by atoms with Gasteiger partial charge in [-0.3, -0.25) is 0 Å². The zero-order valence-electron chi connectivity index (χ0n) is 12.6. The minimum absolute atomic E-state index is 0.0334. The van der Waals surface area contributed by atoms with Gasteiger partial charge in [0, 0.05) is 36.3 Å². The molecule has 3 nitrogen and oxygen atoms in total. The molecule has 0 aromatic heterocycles. The van der Waals surface area contributed by atoms with Gasteiger partial charge in [0.25, 0.3) is 0 Å². The van der Waals surface area contributed by atoms with Crippen LogP contribution in [0.3, 0.4) is 0 Å². The zero-order valence-corrected chi connectivity index (χ0v) is 13.4. The minimum atomic E-state index is -4.90. The summed E-state index contributed by atoms with van der Waals surface area (Å²) in [6.07, 6.45) is -0.796. The lowest BCUT2D eigenvalue weighted by Crippen LogP contribution is -2.51. The molecular weight excluding hydrogens is 331 g/mol. The first-order valence-corrected chi connectivity index (χ1v) is 7.31. The lowest BCUT2D eigenvalue weighted by atomic mass is 9.77. The van der Waals surface area contributed by atoms with Crippen LogP contribution in [-0.2, 0) is 0 Å². The molecule has 1 aromatic rings. The van der Waals surface area contributed by atoms with E-state index in [9.17, 15) is 23.4 Å². The summed E-state index contributed by atoms with van der Waals surface area (Å²) in [4.78, 5) is 1.55. The first-order valence-electron chi connectivity index (χ1n) is 6.94. The van der Waals surface area contributed by atoms with E-state index in [1.54, 1.807) is 18.0 Å². The second-order valence-electron chi connectivity index (χ2n) is 5.62. The molecule has 0 saturated carbocycles. The number of phenolic OH excluding ortho intramolecular Hbond substituents is 1. The molecule has 0 bridgehead atoms. The Hall–Kier alpha value is -1.66. The van der Waals surface area contributed by atoms with E-state index < -0.39 is 17.7 Å². The molecule has 1 aromatic carbocycles. The molecule has 23 heavy (non-hydrogen) atoms. The van der Waals surface area contributed by atoms with Gasteiger partial charge in [-0.05, 0) is 17.7 Å². The summed E-state index contributed by atoms with van der Waals surface area (Å²) in [5, 5.41) is 19.9. The van der Waals surface area contributed by atoms with Crippen LogP contribution in [0.25, 0.3) is 0 Å². The second-order valence-corrected chi connectivity index (χ2v) is 6.03. The van der Waals surface area contributed by atoms with Gasteiger partial charge in [0.05, 0.1) is 0 Å². The highest BCUT2D eigenvalue weighted by Crippen LogP contribution is 2.48. The van der Waals surface area contributed by atoms with Gasteiger partial charge >= 0.3 is 6.18 Å². The van der Waals surface area contributed by atoms with Gasteiger partial charge < -0.3 is 15.1 Å². The van der Waals surface area contributed by atoms with Gasteiger partial charge in [0.15, 0.2) is 5.60 Å². The number of aromatic hydroxyl groups is 1. The average Bonchev–Trinajstić information content (AvgIpc) is 2.44. The Balaban J connectivity index is 2.57. The topological polar surface area (TPSA) is 43.7 Å². The number of aliphatic hydroxyl groups is 1. The van der Waals surface area contributed by atoms with Crippen LogP contribution in [-0.4, -0.2) is 40.5 Å². The van der Waals surface area contributed by atoms with Crippen molar-refractivity contribution in [2.24, 2.45) is 0 Å². The fraction of sp³-hybridized carbons (Fsp3) is 0.375. The summed E-state index contributed by atoms with van der Waals surface area (Å²) in [6.45, 7) is 1.72. The molecule has 0 fully saturated rings. The van der Waals surface area contributed by atoms with Gasteiger partial charge in [-0.1, -0.05) is 36.7 Å². The van der Waals surface area contributed by atoms with Crippen LogP contribution in [0.2, 0.25) is 5.02 Å². The molecule has 0 aliphatic carbocycles. The Morgan fingerprint density at radius 1 is 1.30 bits per heavy atom. The number of phenols is 1. The van der Waals surface area contributed by atoms with Gasteiger partial charge in [-0.25, -0.2) is 0 Å². The Morgan fingerprint density at radius 2 is 1.96 bits per heavy atom. The summed E-state index contributed by atoms with van der Waals surface area (Å²) in [5.41, 5.74) is -3.25. The van der Waals surface area contributed by atoms with Crippen molar-refractivity contribution in [1.82, 2.24) is 4.90 Å². The third kappa shape index (κ3) is 3.19. The first kappa shape index (κ1) is 17.7. The summed E-state index contributed by atoms with van der Waals surface area (Å²) in [7, 11) is 1.62. The number of likely N-dealkylation sites (N-methyl/N-ethyl adjacent to an activating group) is 1. The Bertz CT molecular complexity index is 657. The largest absolute Gasteiger partial charge is 0.508 e. The van der Waals surface area contributed by atoms with Crippen LogP contribution >= 0.6 is 11.6 Å². The van der Waals surface area contributed by atoms with Crippen molar-refractivity contribution < 1.29 is 23.4 Å². The van der Waals surface area contributed by atoms with E-state index in [2.05, 4.69) is 0 Å². The highest BCUT2D eigenvalue weighted by molar-refractivity contribution is 6.31. The third-order valence-electron chi connectivity index (χ3n) is 4.00. The predicted molar refractivity (Wildman–Crippen MR) is 82.4 cm³/mol. The van der Waals surface area contributed by atoms with Gasteiger partial charge in [-0.2, -0.15) is 13.2 Å². The monoisotopic (exact) mass is 347 g/mol. The number of halogens is 4. The number of hydrogen-bond acceptors (Lipinski definition) is 3. The maximum atomic E-state index is 13.7. The van der Waals surface area contributed by atoms with E-state index in [-0.39, 0.29) is 21.9 Å². The van der Waals surface area contributed by atoms with Crippen molar-refractivity contribution in [2.75, 3.05) is 13.6 Å². The average molecular weight is 348 g/mol. The molecule has 1 aliphatic rings. The molecule has 2 rings (SSSR count). The highest BCUT2D eigenvalue weighted by Gasteiger charge is 2.59. The predicted octanol–water partition coefficient (Wildman–Crippen LogP) is 3.83. The first-order chi connectivity index (χ1) is 10.6. The Morgan fingerprint density at radius 3 is 2.48 bits per heavy atom. The normalized spacial score (nSPS) is 19.3. The van der Waals surface area contributed by atoms with Gasteiger partial charge in [-0.15, -0.1) is 0 Å². The number of nitrogens with zero attached hydrogens (tertiary/aromatic N) is 1. The fourth-order valence-electron chi connectivity index (χ4n) is 2.66. The number of alkyl halides is 3. The summed E-state index contributed by atoms with van der Waals surface area (Å²) >= 11 is 5.96. The molecule has 0 saturated heterocycles. The minimum Gasteiger partial charge on any atom is -0.508 e. The van der Waals surface area contributed by atoms with Crippen molar-refractivity contribution in [3.05, 3.63) is 52.7 Å². The van der Waals surface area contributed by atoms with Gasteiger partial charge in [0.2, 0.25) is 0 Å². The van der Waals surface area contributed by atoms with E-state index >= 15 is 0 Å². The van der Waals surface area contributed by atoms with Crippen LogP contribution in [0.4, 0.5) is 13.2 Å². The SMILES string of the molecule is CC(c1ccc(O)cc1Cl)C(O)(C1=CN(C)CC=C1)C(F)(F)F. The van der Waals surface area contributed by atoms with E-state index in [1.807, 2.05) is 0 Å². The van der Waals surface area contributed by atoms with Crippen LogP contribution < -0.4 is 0 Å². The van der Waals surface area contributed by atoms with Gasteiger partial charge in [0.1, 0.15) is 5.75 Å². The molecular formula is C16H17ClF3NO2. The third-order valence-corrected chi connectivity index (χ3v) is 4.33. The van der Waals surface area contributed by atoms with Crippen molar-refractivity contribution in [3.63, 3.8) is 0 Å². The summed E-state index contributed by atoms with van der Waals surface area (Å²) in [5.74, 6) is -1.52. The highest BCUT2D eigenvalue weighted by atomic mass is 35.5. The fourth-order valence-corrected chi connectivity index (χ4v) is 2.99. The number of hydrogen-bond donors (Lipinski definition) is 2. The van der Waals surface area contributed by atoms with E-state index in [4.69, 9.17) is 11.6 Å².